The molecule has 4 nitrogen and oxygen atoms in total. The third kappa shape index (κ3) is 4.28. The van der Waals surface area contributed by atoms with Crippen LogP contribution >= 0.6 is 0 Å². The van der Waals surface area contributed by atoms with Crippen molar-refractivity contribution in [3.05, 3.63) is 0 Å². The number of carbonyl (C=O) groups excluding carboxylic acids is 2. The van der Waals surface area contributed by atoms with Gasteiger partial charge in [-0.05, 0) is 10.8 Å². The van der Waals surface area contributed by atoms with Crippen molar-refractivity contribution in [3.63, 3.8) is 0 Å². The van der Waals surface area contributed by atoms with E-state index in [9.17, 15) is 19.8 Å². The maximum atomic E-state index is 11.2. The standard InChI is InChI=1S/C11H20O4.K.Na/c1-9(2,3)11(7(12)13,8(14)15)10(4,5)6;;/h1-6H3,(H,12,13)(H,14,15);;/q;2*+1/p-2. The Kier molecular flexibility index (Phi) is 10.3. The number of carbonyl (C=O) groups is 2. The molecular formula is C11H18KNaO4. The van der Waals surface area contributed by atoms with Crippen LogP contribution in [0.3, 0.4) is 0 Å². The molecule has 0 fully saturated rings. The van der Waals surface area contributed by atoms with Gasteiger partial charge in [-0.1, -0.05) is 41.5 Å². The Morgan fingerprint density at radius 3 is 0.941 bits per heavy atom. The molecular weight excluding hydrogens is 258 g/mol. The summed E-state index contributed by atoms with van der Waals surface area (Å²) >= 11 is 0. The van der Waals surface area contributed by atoms with Crippen molar-refractivity contribution in [2.45, 2.75) is 41.5 Å². The van der Waals surface area contributed by atoms with Gasteiger partial charge in [0, 0.05) is 0 Å². The van der Waals surface area contributed by atoms with Crippen molar-refractivity contribution in [1.29, 1.82) is 0 Å². The predicted octanol–water partition coefficient (Wildman–Crippen LogP) is -6.43. The second kappa shape index (κ2) is 7.38. The van der Waals surface area contributed by atoms with Gasteiger partial charge in [0.25, 0.3) is 0 Å². The van der Waals surface area contributed by atoms with Crippen LogP contribution in [0.4, 0.5) is 0 Å². The van der Waals surface area contributed by atoms with Crippen LogP contribution in [0.2, 0.25) is 0 Å². The summed E-state index contributed by atoms with van der Waals surface area (Å²) in [6.07, 6.45) is 0. The first-order valence-electron chi connectivity index (χ1n) is 4.82. The van der Waals surface area contributed by atoms with E-state index in [1.54, 1.807) is 41.5 Å². The molecule has 0 aliphatic rings. The SMILES string of the molecule is CC(C)(C)C(C(=O)[O-])(C(=O)[O-])C(C)(C)C.[K+].[Na+]. The zero-order chi connectivity index (χ0) is 12.7. The predicted molar refractivity (Wildman–Crippen MR) is 51.4 cm³/mol. The Bertz CT molecular complexity index is 259. The molecule has 0 aromatic carbocycles. The van der Waals surface area contributed by atoms with Gasteiger partial charge in [0.05, 0.1) is 17.4 Å². The molecule has 0 N–H and O–H groups in total. The maximum Gasteiger partial charge on any atom is 1.00 e. The monoisotopic (exact) mass is 276 g/mol. The minimum absolute atomic E-state index is 0. The summed E-state index contributed by atoms with van der Waals surface area (Å²) in [6, 6.07) is 0. The Morgan fingerprint density at radius 2 is 0.941 bits per heavy atom. The summed E-state index contributed by atoms with van der Waals surface area (Å²) in [7, 11) is 0. The van der Waals surface area contributed by atoms with E-state index >= 15 is 0 Å². The summed E-state index contributed by atoms with van der Waals surface area (Å²) in [5.41, 5.74) is -3.98. The topological polar surface area (TPSA) is 80.3 Å². The van der Waals surface area contributed by atoms with Gasteiger partial charge in [0.1, 0.15) is 0 Å². The van der Waals surface area contributed by atoms with Gasteiger partial charge in [-0.15, -0.1) is 0 Å². The third-order valence-corrected chi connectivity index (χ3v) is 2.86. The molecule has 0 aliphatic carbocycles. The fourth-order valence-corrected chi connectivity index (χ4v) is 2.43. The van der Waals surface area contributed by atoms with E-state index in [-0.39, 0.29) is 80.9 Å². The van der Waals surface area contributed by atoms with E-state index in [0.29, 0.717) is 0 Å². The Hall–Kier alpha value is 1.58. The Balaban J connectivity index is -0.000000980. The Labute approximate surface area is 168 Å². The molecule has 0 bridgehead atoms. The van der Waals surface area contributed by atoms with Gasteiger partial charge >= 0.3 is 80.9 Å². The van der Waals surface area contributed by atoms with Crippen molar-refractivity contribution in [3.8, 4) is 0 Å². The second-order valence-electron chi connectivity index (χ2n) is 5.82. The normalized spacial score (nSPS) is 12.1. The summed E-state index contributed by atoms with van der Waals surface area (Å²) in [5, 5.41) is 22.4. The fraction of sp³-hybridized carbons (Fsp3) is 0.818. The fourth-order valence-electron chi connectivity index (χ4n) is 2.43. The van der Waals surface area contributed by atoms with Crippen LogP contribution in [0.1, 0.15) is 41.5 Å². The quantitative estimate of drug-likeness (QED) is 0.371. The van der Waals surface area contributed by atoms with E-state index in [1.165, 1.54) is 0 Å². The zero-order valence-corrected chi connectivity index (χ0v) is 17.3. The summed E-state index contributed by atoms with van der Waals surface area (Å²) in [5.74, 6) is -3.19. The number of hydrogen-bond acceptors (Lipinski definition) is 4. The first-order valence-corrected chi connectivity index (χ1v) is 4.82. The van der Waals surface area contributed by atoms with E-state index in [1.807, 2.05) is 0 Å². The van der Waals surface area contributed by atoms with Gasteiger partial charge < -0.3 is 19.8 Å². The van der Waals surface area contributed by atoms with Crippen molar-refractivity contribution >= 4 is 11.9 Å². The molecule has 0 heterocycles. The van der Waals surface area contributed by atoms with Crippen molar-refractivity contribution < 1.29 is 101 Å². The minimum Gasteiger partial charge on any atom is -0.549 e. The van der Waals surface area contributed by atoms with Crippen molar-refractivity contribution in [1.82, 2.24) is 0 Å². The molecule has 0 saturated heterocycles. The molecule has 0 radical (unpaired) electrons. The molecule has 0 aromatic rings. The number of hydrogen-bond donors (Lipinski definition) is 0. The van der Waals surface area contributed by atoms with Crippen LogP contribution in [0.15, 0.2) is 0 Å². The molecule has 88 valence electrons. The molecule has 0 aliphatic heterocycles. The van der Waals surface area contributed by atoms with Crippen LogP contribution < -0.4 is 91.2 Å². The second-order valence-corrected chi connectivity index (χ2v) is 5.82. The number of aliphatic carboxylic acids is 2. The summed E-state index contributed by atoms with van der Waals surface area (Å²) in [4.78, 5) is 22.4. The first-order chi connectivity index (χ1) is 6.39. The molecule has 6 heteroatoms. The molecule has 0 saturated carbocycles. The van der Waals surface area contributed by atoms with Gasteiger partial charge in [0.15, 0.2) is 0 Å². The molecule has 0 aromatic heterocycles. The third-order valence-electron chi connectivity index (χ3n) is 2.86. The molecule has 0 spiro atoms. The van der Waals surface area contributed by atoms with Crippen LogP contribution in [0.5, 0.6) is 0 Å². The number of rotatable bonds is 2. The van der Waals surface area contributed by atoms with Crippen molar-refractivity contribution in [2.75, 3.05) is 0 Å². The van der Waals surface area contributed by atoms with Crippen molar-refractivity contribution in [2.24, 2.45) is 16.2 Å². The largest absolute Gasteiger partial charge is 1.00 e. The average Bonchev–Trinajstić information content (AvgIpc) is 1.75. The minimum atomic E-state index is -2.01. The molecule has 0 atom stereocenters. The Morgan fingerprint density at radius 1 is 0.765 bits per heavy atom. The molecule has 0 amide bonds. The summed E-state index contributed by atoms with van der Waals surface area (Å²) in [6.45, 7) is 9.36. The van der Waals surface area contributed by atoms with Gasteiger partial charge in [0.2, 0.25) is 0 Å². The van der Waals surface area contributed by atoms with Crippen LogP contribution in [-0.4, -0.2) is 11.9 Å². The first kappa shape index (κ1) is 23.7. The van der Waals surface area contributed by atoms with Gasteiger partial charge in [-0.25, -0.2) is 0 Å². The van der Waals surface area contributed by atoms with Crippen LogP contribution in [0, 0.1) is 16.2 Å². The zero-order valence-electron chi connectivity index (χ0n) is 12.1. The van der Waals surface area contributed by atoms with Gasteiger partial charge in [-0.3, -0.25) is 0 Å². The number of carboxylic acid groups (broad SMARTS) is 2. The van der Waals surface area contributed by atoms with E-state index < -0.39 is 28.2 Å². The number of carboxylic acids is 2. The smallest absolute Gasteiger partial charge is 0.549 e. The van der Waals surface area contributed by atoms with Crippen LogP contribution in [-0.2, 0) is 9.59 Å². The van der Waals surface area contributed by atoms with E-state index in [0.717, 1.165) is 0 Å². The average molecular weight is 276 g/mol. The van der Waals surface area contributed by atoms with E-state index in [2.05, 4.69) is 0 Å². The maximum absolute atomic E-state index is 11.2. The molecule has 0 rings (SSSR count). The molecule has 17 heavy (non-hydrogen) atoms. The van der Waals surface area contributed by atoms with Gasteiger partial charge in [-0.2, -0.15) is 0 Å². The summed E-state index contributed by atoms with van der Waals surface area (Å²) < 4.78 is 0. The molecule has 0 unspecified atom stereocenters. The van der Waals surface area contributed by atoms with E-state index in [4.69, 9.17) is 0 Å². The van der Waals surface area contributed by atoms with Crippen LogP contribution in [0.25, 0.3) is 0 Å².